The number of rotatable bonds is 0. The molecule has 0 unspecified atom stereocenters. The Hall–Kier alpha value is -1.00. The maximum Gasteiger partial charge on any atom is 0.433 e. The number of hydrogen-bond acceptors (Lipinski definition) is 2. The smallest absolute Gasteiger partial charge is 0.391 e. The molecule has 2 aliphatic carbocycles. The van der Waals surface area contributed by atoms with Crippen LogP contribution in [0.4, 0.5) is 13.2 Å². The topological polar surface area (TPSA) is 21.6 Å². The normalized spacial score (nSPS) is 43.8. The van der Waals surface area contributed by atoms with E-state index in [4.69, 9.17) is 4.84 Å². The van der Waals surface area contributed by atoms with E-state index in [2.05, 4.69) is 5.16 Å². The van der Waals surface area contributed by atoms with Crippen LogP contribution >= 0.6 is 0 Å². The van der Waals surface area contributed by atoms with Gasteiger partial charge in [0.1, 0.15) is 6.10 Å². The number of nitrogens with zero attached hydrogens (tertiary/aromatic N) is 1. The molecule has 5 heteroatoms. The number of halogens is 3. The molecule has 0 spiro atoms. The summed E-state index contributed by atoms with van der Waals surface area (Å²) in [4.78, 5) is 4.87. The number of alkyl halides is 3. The molecule has 76 valence electrons. The molecule has 3 rings (SSSR count). The van der Waals surface area contributed by atoms with Gasteiger partial charge in [0.15, 0.2) is 5.71 Å². The van der Waals surface area contributed by atoms with E-state index in [9.17, 15) is 13.2 Å². The highest BCUT2D eigenvalue weighted by Crippen LogP contribution is 2.50. The minimum Gasteiger partial charge on any atom is -0.391 e. The Balaban J connectivity index is 1.95. The molecule has 0 saturated heterocycles. The first kappa shape index (κ1) is 8.32. The average Bonchev–Trinajstić information content (AvgIpc) is 2.74. The second-order valence-electron chi connectivity index (χ2n) is 4.02. The monoisotopic (exact) mass is 203 g/mol. The molecule has 0 radical (unpaired) electrons. The van der Waals surface area contributed by atoms with Gasteiger partial charge < -0.3 is 4.84 Å². The van der Waals surface area contributed by atoms with Crippen molar-refractivity contribution in [1.29, 1.82) is 0 Å². The minimum atomic E-state index is -4.34. The molecule has 0 aromatic heterocycles. The van der Waals surface area contributed by atoms with Gasteiger partial charge in [0.25, 0.3) is 0 Å². The molecule has 1 heterocycles. The summed E-state index contributed by atoms with van der Waals surface area (Å²) in [5.41, 5.74) is -0.723. The van der Waals surface area contributed by atoms with E-state index >= 15 is 0 Å². The number of allylic oxidation sites excluding steroid dienone is 1. The van der Waals surface area contributed by atoms with Gasteiger partial charge in [-0.1, -0.05) is 17.3 Å². The summed E-state index contributed by atoms with van der Waals surface area (Å²) in [6.07, 6.45) is -0.105. The Kier molecular flexibility index (Phi) is 1.38. The Morgan fingerprint density at radius 1 is 1.29 bits per heavy atom. The minimum absolute atomic E-state index is 0.0205. The summed E-state index contributed by atoms with van der Waals surface area (Å²) in [6, 6.07) is 0. The van der Waals surface area contributed by atoms with Crippen LogP contribution in [0, 0.1) is 17.8 Å². The van der Waals surface area contributed by atoms with E-state index in [0.717, 1.165) is 6.42 Å². The van der Waals surface area contributed by atoms with Gasteiger partial charge in [-0.3, -0.25) is 0 Å². The predicted octanol–water partition coefficient (Wildman–Crippen LogP) is 2.13. The first-order valence-electron chi connectivity index (χ1n) is 4.56. The summed E-state index contributed by atoms with van der Waals surface area (Å²) in [5, 5.41) is 3.18. The van der Waals surface area contributed by atoms with Gasteiger partial charge in [0.2, 0.25) is 0 Å². The largest absolute Gasteiger partial charge is 0.433 e. The zero-order valence-corrected chi connectivity index (χ0v) is 7.16. The second kappa shape index (κ2) is 2.32. The van der Waals surface area contributed by atoms with Crippen molar-refractivity contribution >= 4 is 5.71 Å². The molecule has 0 amide bonds. The predicted molar refractivity (Wildman–Crippen MR) is 42.6 cm³/mol. The summed E-state index contributed by atoms with van der Waals surface area (Å²) in [7, 11) is 0. The standard InChI is InChI=1S/C9H8F3NO/c10-9(11,12)8-6-4-1-2-5(3-4)7(6)14-13-8/h1-2,4-7H,3H2/t4-,5-,6-,7+/m0/s1. The van der Waals surface area contributed by atoms with Crippen LogP contribution in [0.3, 0.4) is 0 Å². The van der Waals surface area contributed by atoms with Gasteiger partial charge in [-0.25, -0.2) is 0 Å². The van der Waals surface area contributed by atoms with Gasteiger partial charge >= 0.3 is 6.18 Å². The second-order valence-corrected chi connectivity index (χ2v) is 4.02. The zero-order chi connectivity index (χ0) is 9.92. The fraction of sp³-hybridized carbons (Fsp3) is 0.667. The van der Waals surface area contributed by atoms with Crippen LogP contribution in [-0.4, -0.2) is 18.0 Å². The van der Waals surface area contributed by atoms with Crippen molar-refractivity contribution in [2.45, 2.75) is 18.7 Å². The maximum atomic E-state index is 12.5. The van der Waals surface area contributed by atoms with Crippen molar-refractivity contribution in [3.05, 3.63) is 12.2 Å². The lowest BCUT2D eigenvalue weighted by Crippen LogP contribution is -2.35. The number of oxime groups is 1. The molecule has 2 nitrogen and oxygen atoms in total. The van der Waals surface area contributed by atoms with Crippen LogP contribution in [0.15, 0.2) is 17.3 Å². The highest BCUT2D eigenvalue weighted by Gasteiger charge is 2.58. The third-order valence-corrected chi connectivity index (χ3v) is 3.27. The molecule has 0 aromatic carbocycles. The molecule has 0 aromatic rings. The van der Waals surface area contributed by atoms with Crippen LogP contribution in [0.5, 0.6) is 0 Å². The lowest BCUT2D eigenvalue weighted by molar-refractivity contribution is -0.0628. The molecule has 1 aliphatic heterocycles. The van der Waals surface area contributed by atoms with E-state index < -0.39 is 17.8 Å². The quantitative estimate of drug-likeness (QED) is 0.552. The van der Waals surface area contributed by atoms with E-state index in [0.29, 0.717) is 0 Å². The van der Waals surface area contributed by atoms with Crippen molar-refractivity contribution in [3.8, 4) is 0 Å². The zero-order valence-electron chi connectivity index (χ0n) is 7.16. The Bertz CT molecular complexity index is 333. The van der Waals surface area contributed by atoms with Gasteiger partial charge in [0.05, 0.1) is 5.92 Å². The third-order valence-electron chi connectivity index (χ3n) is 3.27. The van der Waals surface area contributed by atoms with Crippen molar-refractivity contribution in [3.63, 3.8) is 0 Å². The molecule has 3 aliphatic rings. The average molecular weight is 203 g/mol. The Morgan fingerprint density at radius 2 is 2.00 bits per heavy atom. The van der Waals surface area contributed by atoms with Gasteiger partial charge in [-0.05, 0) is 12.3 Å². The highest BCUT2D eigenvalue weighted by molar-refractivity contribution is 5.93. The molecule has 1 fully saturated rings. The van der Waals surface area contributed by atoms with Crippen LogP contribution in [0.1, 0.15) is 6.42 Å². The molecule has 0 N–H and O–H groups in total. The van der Waals surface area contributed by atoms with Crippen LogP contribution in [0.25, 0.3) is 0 Å². The summed E-state index contributed by atoms with van der Waals surface area (Å²) in [6.45, 7) is 0. The van der Waals surface area contributed by atoms with E-state index in [1.54, 1.807) is 0 Å². The van der Waals surface area contributed by atoms with E-state index in [1.807, 2.05) is 12.2 Å². The van der Waals surface area contributed by atoms with E-state index in [-0.39, 0.29) is 17.9 Å². The first-order valence-corrected chi connectivity index (χ1v) is 4.56. The SMILES string of the molecule is FC(F)(F)C1=NO[C@H]2[C@@H]1[C@H]1C=C[C@H]2C1. The molecule has 14 heavy (non-hydrogen) atoms. The highest BCUT2D eigenvalue weighted by atomic mass is 19.4. The molecule has 4 atom stereocenters. The van der Waals surface area contributed by atoms with Crippen LogP contribution in [-0.2, 0) is 4.84 Å². The summed E-state index contributed by atoms with van der Waals surface area (Å²) < 4.78 is 37.5. The molecular formula is C9H8F3NO. The molecule has 1 saturated carbocycles. The summed E-state index contributed by atoms with van der Waals surface area (Å²) in [5.74, 6) is -0.438. The Morgan fingerprint density at radius 3 is 2.71 bits per heavy atom. The Labute approximate surface area is 78.4 Å². The van der Waals surface area contributed by atoms with E-state index in [1.165, 1.54) is 0 Å². The third kappa shape index (κ3) is 0.898. The van der Waals surface area contributed by atoms with Crippen molar-refractivity contribution in [2.24, 2.45) is 22.9 Å². The fourth-order valence-electron chi connectivity index (χ4n) is 2.70. The molecule has 2 bridgehead atoms. The lowest BCUT2D eigenvalue weighted by atomic mass is 9.87. The number of fused-ring (bicyclic) bond motifs is 5. The van der Waals surface area contributed by atoms with Crippen molar-refractivity contribution < 1.29 is 18.0 Å². The van der Waals surface area contributed by atoms with Crippen molar-refractivity contribution in [1.82, 2.24) is 0 Å². The lowest BCUT2D eigenvalue weighted by Gasteiger charge is -2.19. The van der Waals surface area contributed by atoms with Gasteiger partial charge in [0, 0.05) is 5.92 Å². The van der Waals surface area contributed by atoms with Gasteiger partial charge in [-0.15, -0.1) is 0 Å². The molecular weight excluding hydrogens is 195 g/mol. The van der Waals surface area contributed by atoms with Crippen LogP contribution in [0.2, 0.25) is 0 Å². The van der Waals surface area contributed by atoms with Gasteiger partial charge in [-0.2, -0.15) is 13.2 Å². The van der Waals surface area contributed by atoms with Crippen molar-refractivity contribution in [2.75, 3.05) is 0 Å². The van der Waals surface area contributed by atoms with Crippen LogP contribution < -0.4 is 0 Å². The summed E-state index contributed by atoms with van der Waals surface area (Å²) >= 11 is 0. The first-order chi connectivity index (χ1) is 6.57. The maximum absolute atomic E-state index is 12.5. The fourth-order valence-corrected chi connectivity index (χ4v) is 2.70. The number of hydrogen-bond donors (Lipinski definition) is 0.